The van der Waals surface area contributed by atoms with Gasteiger partial charge in [0, 0.05) is 43.2 Å². The molecule has 0 radical (unpaired) electrons. The van der Waals surface area contributed by atoms with E-state index in [4.69, 9.17) is 5.73 Å². The molecule has 2 aromatic rings. The summed E-state index contributed by atoms with van der Waals surface area (Å²) in [7, 11) is 0. The number of para-hydroxylation sites is 1. The lowest BCUT2D eigenvalue weighted by Crippen LogP contribution is -2.34. The molecule has 1 aromatic carbocycles. The van der Waals surface area contributed by atoms with Gasteiger partial charge in [-0.05, 0) is 37.3 Å². The number of nitrogen functional groups attached to an aromatic ring is 1. The van der Waals surface area contributed by atoms with Crippen molar-refractivity contribution in [3.63, 3.8) is 0 Å². The standard InChI is InChI=1S/C21H28N4S/c1-2-18(25-14-10-17-20(11-15-25)26-21(22)23-17)16-8-4-5-9-19(16)24-12-6-3-7-13-24/h2,4-5,8-9,18H,1,3,6-7,10-15H2,(H2,22,23). The Bertz CT molecular complexity index is 738. The minimum atomic E-state index is 0.250. The van der Waals surface area contributed by atoms with E-state index in [0.717, 1.165) is 25.9 Å². The van der Waals surface area contributed by atoms with Crippen LogP contribution >= 0.6 is 11.3 Å². The molecule has 1 aromatic heterocycles. The van der Waals surface area contributed by atoms with Gasteiger partial charge >= 0.3 is 0 Å². The van der Waals surface area contributed by atoms with E-state index in [1.54, 1.807) is 11.3 Å². The van der Waals surface area contributed by atoms with Crippen molar-refractivity contribution in [1.29, 1.82) is 0 Å². The summed E-state index contributed by atoms with van der Waals surface area (Å²) in [5.41, 5.74) is 9.87. The summed E-state index contributed by atoms with van der Waals surface area (Å²) in [6, 6.07) is 9.15. The minimum Gasteiger partial charge on any atom is -0.375 e. The molecule has 26 heavy (non-hydrogen) atoms. The van der Waals surface area contributed by atoms with Gasteiger partial charge in [-0.25, -0.2) is 4.98 Å². The second kappa shape index (κ2) is 7.80. The summed E-state index contributed by atoms with van der Waals surface area (Å²) < 4.78 is 0. The molecule has 3 heterocycles. The van der Waals surface area contributed by atoms with E-state index in [0.29, 0.717) is 5.13 Å². The molecule has 4 rings (SSSR count). The van der Waals surface area contributed by atoms with Crippen LogP contribution in [0.4, 0.5) is 10.8 Å². The highest BCUT2D eigenvalue weighted by Gasteiger charge is 2.26. The fourth-order valence-corrected chi connectivity index (χ4v) is 5.18. The summed E-state index contributed by atoms with van der Waals surface area (Å²) in [6.45, 7) is 8.55. The van der Waals surface area contributed by atoms with Gasteiger partial charge in [0.25, 0.3) is 0 Å². The average Bonchev–Trinajstić information content (AvgIpc) is 2.94. The van der Waals surface area contributed by atoms with Crippen LogP contribution in [0.2, 0.25) is 0 Å². The van der Waals surface area contributed by atoms with Gasteiger partial charge in [0.2, 0.25) is 0 Å². The Kier molecular flexibility index (Phi) is 5.27. The number of anilines is 2. The van der Waals surface area contributed by atoms with Crippen LogP contribution in [0.5, 0.6) is 0 Å². The highest BCUT2D eigenvalue weighted by Crippen LogP contribution is 2.34. The summed E-state index contributed by atoms with van der Waals surface area (Å²) in [5.74, 6) is 0. The summed E-state index contributed by atoms with van der Waals surface area (Å²) in [4.78, 5) is 11.0. The molecule has 0 aliphatic carbocycles. The minimum absolute atomic E-state index is 0.250. The van der Waals surface area contributed by atoms with Crippen LogP contribution < -0.4 is 10.6 Å². The van der Waals surface area contributed by atoms with Gasteiger partial charge in [-0.3, -0.25) is 4.90 Å². The largest absolute Gasteiger partial charge is 0.375 e. The summed E-state index contributed by atoms with van der Waals surface area (Å²) in [5, 5.41) is 0.708. The van der Waals surface area contributed by atoms with E-state index in [1.807, 2.05) is 0 Å². The Balaban J connectivity index is 1.58. The number of aromatic nitrogens is 1. The average molecular weight is 369 g/mol. The maximum atomic E-state index is 5.90. The van der Waals surface area contributed by atoms with Crippen molar-refractivity contribution in [2.75, 3.05) is 36.8 Å². The number of nitrogens with two attached hydrogens (primary N) is 1. The fraction of sp³-hybridized carbons (Fsp3) is 0.476. The van der Waals surface area contributed by atoms with Gasteiger partial charge in [0.05, 0.1) is 11.7 Å². The highest BCUT2D eigenvalue weighted by atomic mass is 32.1. The normalized spacial score (nSPS) is 19.6. The zero-order chi connectivity index (χ0) is 17.9. The van der Waals surface area contributed by atoms with Crippen molar-refractivity contribution in [3.8, 4) is 0 Å². The van der Waals surface area contributed by atoms with E-state index in [2.05, 4.69) is 51.7 Å². The molecule has 0 amide bonds. The lowest BCUT2D eigenvalue weighted by atomic mass is 10.00. The van der Waals surface area contributed by atoms with Gasteiger partial charge in [-0.2, -0.15) is 0 Å². The number of hydrogen-bond acceptors (Lipinski definition) is 5. The first-order chi connectivity index (χ1) is 12.8. The Morgan fingerprint density at radius 1 is 1.08 bits per heavy atom. The zero-order valence-corrected chi connectivity index (χ0v) is 16.2. The molecule has 2 aliphatic heterocycles. The van der Waals surface area contributed by atoms with Gasteiger partial charge < -0.3 is 10.6 Å². The number of nitrogens with zero attached hydrogens (tertiary/aromatic N) is 3. The predicted molar refractivity (Wildman–Crippen MR) is 111 cm³/mol. The molecule has 138 valence electrons. The van der Waals surface area contributed by atoms with Crippen molar-refractivity contribution in [2.24, 2.45) is 0 Å². The number of fused-ring (bicyclic) bond motifs is 1. The molecule has 5 heteroatoms. The lowest BCUT2D eigenvalue weighted by molar-refractivity contribution is 0.243. The second-order valence-electron chi connectivity index (χ2n) is 7.25. The first-order valence-corrected chi connectivity index (χ1v) is 10.5. The van der Waals surface area contributed by atoms with E-state index >= 15 is 0 Å². The molecule has 0 spiro atoms. The number of piperidine rings is 1. The van der Waals surface area contributed by atoms with Crippen LogP contribution in [0.1, 0.15) is 41.4 Å². The topological polar surface area (TPSA) is 45.4 Å². The first-order valence-electron chi connectivity index (χ1n) is 9.71. The number of hydrogen-bond donors (Lipinski definition) is 1. The van der Waals surface area contributed by atoms with Crippen LogP contribution in [-0.2, 0) is 12.8 Å². The quantitative estimate of drug-likeness (QED) is 0.827. The van der Waals surface area contributed by atoms with Crippen LogP contribution in [0.15, 0.2) is 36.9 Å². The van der Waals surface area contributed by atoms with Gasteiger partial charge in [-0.15, -0.1) is 17.9 Å². The van der Waals surface area contributed by atoms with Crippen LogP contribution in [-0.4, -0.2) is 36.1 Å². The third-order valence-electron chi connectivity index (χ3n) is 5.63. The fourth-order valence-electron chi connectivity index (χ4n) is 4.31. The highest BCUT2D eigenvalue weighted by molar-refractivity contribution is 7.15. The van der Waals surface area contributed by atoms with Crippen molar-refractivity contribution in [1.82, 2.24) is 9.88 Å². The van der Waals surface area contributed by atoms with Crippen LogP contribution in [0.25, 0.3) is 0 Å². The van der Waals surface area contributed by atoms with E-state index < -0.39 is 0 Å². The predicted octanol–water partition coefficient (Wildman–Crippen LogP) is 4.04. The molecular weight excluding hydrogens is 340 g/mol. The maximum Gasteiger partial charge on any atom is 0.180 e. The third-order valence-corrected chi connectivity index (χ3v) is 6.61. The summed E-state index contributed by atoms with van der Waals surface area (Å²) in [6.07, 6.45) is 8.06. The molecule has 0 saturated carbocycles. The smallest absolute Gasteiger partial charge is 0.180 e. The van der Waals surface area contributed by atoms with Crippen molar-refractivity contribution in [2.45, 2.75) is 38.1 Å². The van der Waals surface area contributed by atoms with Crippen LogP contribution in [0.3, 0.4) is 0 Å². The van der Waals surface area contributed by atoms with Crippen LogP contribution in [0, 0.1) is 0 Å². The molecule has 2 aliphatic rings. The Labute approximate surface area is 160 Å². The van der Waals surface area contributed by atoms with Gasteiger partial charge in [0.1, 0.15) is 0 Å². The molecule has 1 fully saturated rings. The maximum absolute atomic E-state index is 5.90. The molecule has 4 nitrogen and oxygen atoms in total. The zero-order valence-electron chi connectivity index (χ0n) is 15.4. The molecule has 1 atom stereocenters. The molecule has 1 saturated heterocycles. The molecule has 1 unspecified atom stereocenters. The SMILES string of the molecule is C=CC(c1ccccc1N1CCCCC1)N1CCc2nc(N)sc2CC1. The summed E-state index contributed by atoms with van der Waals surface area (Å²) >= 11 is 1.65. The number of rotatable bonds is 4. The number of thiazole rings is 1. The van der Waals surface area contributed by atoms with E-state index in [-0.39, 0.29) is 6.04 Å². The van der Waals surface area contributed by atoms with Crippen molar-refractivity contribution < 1.29 is 0 Å². The Morgan fingerprint density at radius 2 is 1.85 bits per heavy atom. The Hall–Kier alpha value is -1.85. The molecule has 0 bridgehead atoms. The van der Waals surface area contributed by atoms with E-state index in [1.165, 1.54) is 54.2 Å². The van der Waals surface area contributed by atoms with Gasteiger partial charge in [-0.1, -0.05) is 24.3 Å². The molecular formula is C21H28N4S. The van der Waals surface area contributed by atoms with Gasteiger partial charge in [0.15, 0.2) is 5.13 Å². The Morgan fingerprint density at radius 3 is 2.65 bits per heavy atom. The second-order valence-corrected chi connectivity index (χ2v) is 8.36. The number of benzene rings is 1. The monoisotopic (exact) mass is 368 g/mol. The lowest BCUT2D eigenvalue weighted by Gasteiger charge is -2.35. The van der Waals surface area contributed by atoms with Crippen molar-refractivity contribution >= 4 is 22.2 Å². The van der Waals surface area contributed by atoms with Crippen molar-refractivity contribution in [3.05, 3.63) is 53.1 Å². The first kappa shape index (κ1) is 17.6. The van der Waals surface area contributed by atoms with E-state index in [9.17, 15) is 0 Å². The third kappa shape index (κ3) is 3.51. The molecule has 2 N–H and O–H groups in total.